The van der Waals surface area contributed by atoms with Crippen molar-refractivity contribution in [1.82, 2.24) is 15.0 Å². The number of aromatic nitrogens is 3. The van der Waals surface area contributed by atoms with Crippen molar-refractivity contribution >= 4 is 6.08 Å². The maximum Gasteiger partial charge on any atom is 0.120 e. The molecular formula is C21H29N3O. The van der Waals surface area contributed by atoms with Gasteiger partial charge in [-0.2, -0.15) is 15.0 Å². The van der Waals surface area contributed by atoms with Crippen LogP contribution in [0.2, 0.25) is 0 Å². The van der Waals surface area contributed by atoms with Crippen LogP contribution in [0.3, 0.4) is 0 Å². The van der Waals surface area contributed by atoms with Gasteiger partial charge in [0, 0.05) is 5.56 Å². The summed E-state index contributed by atoms with van der Waals surface area (Å²) in [6.45, 7) is 11.8. The molecule has 1 aromatic carbocycles. The number of fused-ring (bicyclic) bond motifs is 1. The largest absolute Gasteiger partial charge is 0.508 e. The van der Waals surface area contributed by atoms with Crippen molar-refractivity contribution in [2.24, 2.45) is 5.41 Å². The molecule has 0 aliphatic heterocycles. The smallest absolute Gasteiger partial charge is 0.120 e. The van der Waals surface area contributed by atoms with E-state index in [4.69, 9.17) is 0 Å². The van der Waals surface area contributed by atoms with Gasteiger partial charge in [-0.05, 0) is 53.9 Å². The molecule has 0 saturated heterocycles. The number of aromatic hydroxyl groups is 1. The van der Waals surface area contributed by atoms with Gasteiger partial charge in [0.15, 0.2) is 0 Å². The fourth-order valence-corrected chi connectivity index (χ4v) is 3.90. The Hall–Kier alpha value is -2.10. The van der Waals surface area contributed by atoms with Crippen LogP contribution in [0.5, 0.6) is 5.75 Å². The molecule has 0 atom stereocenters. The van der Waals surface area contributed by atoms with Crippen molar-refractivity contribution in [3.05, 3.63) is 46.8 Å². The predicted molar refractivity (Wildman–Crippen MR) is 102 cm³/mol. The van der Waals surface area contributed by atoms with Gasteiger partial charge < -0.3 is 5.11 Å². The van der Waals surface area contributed by atoms with Gasteiger partial charge in [0.2, 0.25) is 0 Å². The molecule has 1 aliphatic rings. The van der Waals surface area contributed by atoms with Gasteiger partial charge >= 0.3 is 0 Å². The number of benzene rings is 1. The van der Waals surface area contributed by atoms with Crippen LogP contribution in [-0.2, 0) is 18.4 Å². The molecule has 3 rings (SSSR count). The van der Waals surface area contributed by atoms with Crippen LogP contribution < -0.4 is 0 Å². The fraction of sp³-hybridized carbons (Fsp3) is 0.524. The summed E-state index contributed by atoms with van der Waals surface area (Å²) < 4.78 is 0. The predicted octanol–water partition coefficient (Wildman–Crippen LogP) is 4.71. The molecule has 4 heteroatoms. The normalized spacial score (nSPS) is 14.6. The minimum Gasteiger partial charge on any atom is -0.508 e. The summed E-state index contributed by atoms with van der Waals surface area (Å²) in [5.74, 6) is 0.307. The maximum atomic E-state index is 10.3. The lowest BCUT2D eigenvalue weighted by atomic mass is 9.72. The van der Waals surface area contributed by atoms with Crippen molar-refractivity contribution in [2.45, 2.75) is 65.8 Å². The average Bonchev–Trinajstić information content (AvgIpc) is 2.89. The lowest BCUT2D eigenvalue weighted by Crippen LogP contribution is -2.25. The molecule has 0 saturated carbocycles. The first-order valence-electron chi connectivity index (χ1n) is 9.07. The summed E-state index contributed by atoms with van der Waals surface area (Å²) in [4.78, 5) is 1.70. The lowest BCUT2D eigenvalue weighted by molar-refractivity contribution is 0.284. The summed E-state index contributed by atoms with van der Waals surface area (Å²) in [5, 5.41) is 19.4. The number of rotatable bonds is 4. The topological polar surface area (TPSA) is 50.9 Å². The van der Waals surface area contributed by atoms with E-state index in [1.54, 1.807) is 10.9 Å². The molecular weight excluding hydrogens is 310 g/mol. The summed E-state index contributed by atoms with van der Waals surface area (Å²) >= 11 is 0. The number of allylic oxidation sites excluding steroid dienone is 1. The summed E-state index contributed by atoms with van der Waals surface area (Å²) in [7, 11) is 0. The highest BCUT2D eigenvalue weighted by molar-refractivity contribution is 5.49. The highest BCUT2D eigenvalue weighted by Gasteiger charge is 2.28. The molecule has 1 heterocycles. The van der Waals surface area contributed by atoms with Gasteiger partial charge in [-0.25, -0.2) is 0 Å². The Morgan fingerprint density at radius 2 is 1.88 bits per heavy atom. The first-order valence-corrected chi connectivity index (χ1v) is 9.07. The SMILES string of the molecule is CC(C)(C)CC(C)(C)c1ccc(O)c(Cn2nc3c(n2)CCC=C3)c1. The van der Waals surface area contributed by atoms with E-state index in [2.05, 4.69) is 57.0 Å². The van der Waals surface area contributed by atoms with E-state index >= 15 is 0 Å². The summed E-state index contributed by atoms with van der Waals surface area (Å²) in [6, 6.07) is 5.95. The van der Waals surface area contributed by atoms with Crippen molar-refractivity contribution < 1.29 is 5.11 Å². The summed E-state index contributed by atoms with van der Waals surface area (Å²) in [6.07, 6.45) is 7.20. The van der Waals surface area contributed by atoms with Crippen LogP contribution in [0, 0.1) is 5.41 Å². The van der Waals surface area contributed by atoms with E-state index in [0.717, 1.165) is 36.2 Å². The van der Waals surface area contributed by atoms with E-state index in [-0.39, 0.29) is 10.8 Å². The number of phenolic OH excluding ortho intramolecular Hbond substituents is 1. The van der Waals surface area contributed by atoms with Crippen LogP contribution in [0.4, 0.5) is 0 Å². The number of phenols is 1. The summed E-state index contributed by atoms with van der Waals surface area (Å²) in [5.41, 5.74) is 4.40. The molecule has 1 aliphatic carbocycles. The van der Waals surface area contributed by atoms with Gasteiger partial charge in [0.05, 0.1) is 12.2 Å². The first-order chi connectivity index (χ1) is 11.6. The third kappa shape index (κ3) is 4.12. The Morgan fingerprint density at radius 3 is 2.56 bits per heavy atom. The second-order valence-corrected chi connectivity index (χ2v) is 8.97. The lowest BCUT2D eigenvalue weighted by Gasteiger charge is -2.33. The molecule has 0 amide bonds. The molecule has 0 unspecified atom stereocenters. The Labute approximate surface area is 150 Å². The van der Waals surface area contributed by atoms with E-state index in [0.29, 0.717) is 12.3 Å². The Balaban J connectivity index is 1.87. The van der Waals surface area contributed by atoms with Gasteiger partial charge in [-0.15, -0.1) is 0 Å². The zero-order valence-corrected chi connectivity index (χ0v) is 16.0. The molecule has 1 N–H and O–H groups in total. The molecule has 25 heavy (non-hydrogen) atoms. The fourth-order valence-electron chi connectivity index (χ4n) is 3.90. The zero-order valence-electron chi connectivity index (χ0n) is 16.0. The first kappa shape index (κ1) is 17.7. The molecule has 0 bridgehead atoms. The Bertz CT molecular complexity index is 794. The molecule has 1 aromatic heterocycles. The molecule has 0 spiro atoms. The second-order valence-electron chi connectivity index (χ2n) is 8.97. The third-order valence-electron chi connectivity index (χ3n) is 4.72. The van der Waals surface area contributed by atoms with Gasteiger partial charge in [0.25, 0.3) is 0 Å². The number of nitrogens with zero attached hydrogens (tertiary/aromatic N) is 3. The highest BCUT2D eigenvalue weighted by atomic mass is 16.3. The Morgan fingerprint density at radius 1 is 1.12 bits per heavy atom. The van der Waals surface area contributed by atoms with Gasteiger partial charge in [-0.3, -0.25) is 0 Å². The van der Waals surface area contributed by atoms with Crippen molar-refractivity contribution in [3.63, 3.8) is 0 Å². The minimum atomic E-state index is 0.0419. The number of aryl methyl sites for hydroxylation is 1. The number of hydrogen-bond donors (Lipinski definition) is 1. The van der Waals surface area contributed by atoms with Gasteiger partial charge in [0.1, 0.15) is 11.4 Å². The zero-order chi connectivity index (χ0) is 18.2. The molecule has 4 nitrogen and oxygen atoms in total. The molecule has 0 radical (unpaired) electrons. The monoisotopic (exact) mass is 339 g/mol. The van der Waals surface area contributed by atoms with Crippen molar-refractivity contribution in [2.75, 3.05) is 0 Å². The van der Waals surface area contributed by atoms with E-state index < -0.39 is 0 Å². The number of hydrogen-bond acceptors (Lipinski definition) is 3. The van der Waals surface area contributed by atoms with E-state index in [1.165, 1.54) is 5.56 Å². The molecule has 134 valence electrons. The average molecular weight is 339 g/mol. The van der Waals surface area contributed by atoms with Crippen molar-refractivity contribution in [3.8, 4) is 5.75 Å². The van der Waals surface area contributed by atoms with Crippen LogP contribution in [0.25, 0.3) is 6.08 Å². The van der Waals surface area contributed by atoms with Crippen LogP contribution in [0.15, 0.2) is 24.3 Å². The third-order valence-corrected chi connectivity index (χ3v) is 4.72. The van der Waals surface area contributed by atoms with E-state index in [1.807, 2.05) is 12.1 Å². The second kappa shape index (κ2) is 6.32. The highest BCUT2D eigenvalue weighted by Crippen LogP contribution is 2.37. The van der Waals surface area contributed by atoms with Crippen molar-refractivity contribution in [1.29, 1.82) is 0 Å². The quantitative estimate of drug-likeness (QED) is 0.878. The maximum absolute atomic E-state index is 10.3. The minimum absolute atomic E-state index is 0.0419. The van der Waals surface area contributed by atoms with E-state index in [9.17, 15) is 5.11 Å². The Kier molecular flexibility index (Phi) is 4.48. The van der Waals surface area contributed by atoms with Gasteiger partial charge in [-0.1, -0.05) is 46.8 Å². The van der Waals surface area contributed by atoms with Crippen LogP contribution in [-0.4, -0.2) is 20.1 Å². The van der Waals surface area contributed by atoms with Crippen LogP contribution >= 0.6 is 0 Å². The molecule has 0 fully saturated rings. The standard InChI is InChI=1S/C21H29N3O/c1-20(2,3)14-21(4,5)16-10-11-19(25)15(12-16)13-24-22-17-8-6-7-9-18(17)23-24/h6,8,10-12,25H,7,9,13-14H2,1-5H3. The molecule has 2 aromatic rings. The van der Waals surface area contributed by atoms with Crippen LogP contribution in [0.1, 0.15) is 70.0 Å².